The van der Waals surface area contributed by atoms with Crippen molar-refractivity contribution in [3.8, 4) is 18.2 Å². The third kappa shape index (κ3) is 2.19. The Hall–Kier alpha value is -2.13. The Morgan fingerprint density at radius 2 is 2.00 bits per heavy atom. The lowest BCUT2D eigenvalue weighted by molar-refractivity contribution is 0.186. The van der Waals surface area contributed by atoms with Crippen LogP contribution in [0.4, 0.5) is 0 Å². The number of thiophene rings is 1. The predicted molar refractivity (Wildman–Crippen MR) is 88.0 cm³/mol. The largest absolute Gasteiger partial charge is 0.324 e. The van der Waals surface area contributed by atoms with Crippen molar-refractivity contribution in [2.75, 3.05) is 0 Å². The van der Waals surface area contributed by atoms with Crippen molar-refractivity contribution in [3.63, 3.8) is 0 Å². The highest BCUT2D eigenvalue weighted by Crippen LogP contribution is 2.57. The maximum Gasteiger partial charge on any atom is 0.168 e. The molecule has 5 heteroatoms. The number of hydrogen-bond donors (Lipinski definition) is 1. The Labute approximate surface area is 140 Å². The van der Waals surface area contributed by atoms with E-state index in [1.807, 2.05) is 19.1 Å². The van der Waals surface area contributed by atoms with Gasteiger partial charge < -0.3 is 5.73 Å². The smallest absolute Gasteiger partial charge is 0.168 e. The molecule has 3 rings (SSSR count). The van der Waals surface area contributed by atoms with Crippen LogP contribution in [0.5, 0.6) is 0 Å². The van der Waals surface area contributed by atoms with Crippen LogP contribution in [0.3, 0.4) is 0 Å². The summed E-state index contributed by atoms with van der Waals surface area (Å²) < 4.78 is 0. The van der Waals surface area contributed by atoms with Gasteiger partial charge in [0.2, 0.25) is 0 Å². The quantitative estimate of drug-likeness (QED) is 0.801. The van der Waals surface area contributed by atoms with Crippen LogP contribution in [0.15, 0.2) is 23.8 Å². The molecule has 0 saturated heterocycles. The van der Waals surface area contributed by atoms with E-state index in [2.05, 4.69) is 24.3 Å². The molecule has 116 valence electrons. The Bertz CT molecular complexity index is 756. The molecular weight excluding hydrogens is 304 g/mol. The van der Waals surface area contributed by atoms with Crippen LogP contribution in [0.1, 0.15) is 34.9 Å². The zero-order valence-corrected chi connectivity index (χ0v) is 13.8. The molecule has 4 nitrogen and oxygen atoms in total. The van der Waals surface area contributed by atoms with Crippen molar-refractivity contribution >= 4 is 11.3 Å². The maximum atomic E-state index is 9.88. The molecule has 4 atom stereocenters. The van der Waals surface area contributed by atoms with Gasteiger partial charge in [0.15, 0.2) is 5.41 Å². The normalized spacial score (nSPS) is 31.9. The van der Waals surface area contributed by atoms with Gasteiger partial charge in [-0.25, -0.2) is 0 Å². The Kier molecular flexibility index (Phi) is 3.99. The molecule has 23 heavy (non-hydrogen) atoms. The zero-order chi connectivity index (χ0) is 16.6. The van der Waals surface area contributed by atoms with Gasteiger partial charge in [0.25, 0.3) is 0 Å². The Morgan fingerprint density at radius 1 is 1.26 bits per heavy atom. The standard InChI is InChI=1S/C18H18N4S/c1-11-6-7-15(23-11)16-13-5-3-2-4-12(13)14(8-19)17(22)18(16,9-20)10-21/h4,6-7,13-14,16-17H,2-3,5,22H2,1H3/t13-,14+,16+,17-/m1/s1. The molecule has 1 aromatic rings. The second-order valence-electron chi connectivity index (χ2n) is 6.39. The molecule has 1 saturated carbocycles. The minimum Gasteiger partial charge on any atom is -0.324 e. The fourth-order valence-electron chi connectivity index (χ4n) is 4.15. The second kappa shape index (κ2) is 5.82. The minimum atomic E-state index is -1.35. The third-order valence-electron chi connectivity index (χ3n) is 5.24. The van der Waals surface area contributed by atoms with Crippen molar-refractivity contribution in [2.45, 2.75) is 38.1 Å². The molecular formula is C18H18N4S. The molecule has 1 heterocycles. The van der Waals surface area contributed by atoms with E-state index in [4.69, 9.17) is 5.73 Å². The van der Waals surface area contributed by atoms with Crippen LogP contribution in [0.25, 0.3) is 0 Å². The third-order valence-corrected chi connectivity index (χ3v) is 6.32. The fraction of sp³-hybridized carbons (Fsp3) is 0.500. The zero-order valence-electron chi connectivity index (χ0n) is 13.0. The summed E-state index contributed by atoms with van der Waals surface area (Å²) >= 11 is 1.63. The molecule has 2 aliphatic carbocycles. The van der Waals surface area contributed by atoms with E-state index in [9.17, 15) is 15.8 Å². The summed E-state index contributed by atoms with van der Waals surface area (Å²) in [5.74, 6) is -0.732. The van der Waals surface area contributed by atoms with Gasteiger partial charge in [0.1, 0.15) is 0 Å². The summed E-state index contributed by atoms with van der Waals surface area (Å²) in [6.45, 7) is 2.02. The van der Waals surface area contributed by atoms with Crippen LogP contribution < -0.4 is 5.73 Å². The van der Waals surface area contributed by atoms with Gasteiger partial charge in [0.05, 0.1) is 30.2 Å². The van der Waals surface area contributed by atoms with Gasteiger partial charge in [-0.15, -0.1) is 11.3 Å². The molecule has 0 radical (unpaired) electrons. The van der Waals surface area contributed by atoms with E-state index >= 15 is 0 Å². The summed E-state index contributed by atoms with van der Waals surface area (Å²) in [6.07, 6.45) is 4.99. The van der Waals surface area contributed by atoms with Crippen LogP contribution in [-0.4, -0.2) is 6.04 Å². The fourth-order valence-corrected chi connectivity index (χ4v) is 5.27. The first-order chi connectivity index (χ1) is 11.1. The summed E-state index contributed by atoms with van der Waals surface area (Å²) in [7, 11) is 0. The lowest BCUT2D eigenvalue weighted by atomic mass is 9.53. The summed E-state index contributed by atoms with van der Waals surface area (Å²) in [4.78, 5) is 2.19. The number of allylic oxidation sites excluding steroid dienone is 1. The molecule has 0 aliphatic heterocycles. The molecule has 1 fully saturated rings. The first-order valence-electron chi connectivity index (χ1n) is 7.83. The second-order valence-corrected chi connectivity index (χ2v) is 7.71. The van der Waals surface area contributed by atoms with Crippen LogP contribution in [0.2, 0.25) is 0 Å². The first-order valence-corrected chi connectivity index (χ1v) is 8.64. The number of fused-ring (bicyclic) bond motifs is 1. The van der Waals surface area contributed by atoms with Crippen LogP contribution in [-0.2, 0) is 0 Å². The summed E-state index contributed by atoms with van der Waals surface area (Å²) in [5, 5.41) is 29.4. The van der Waals surface area contributed by atoms with E-state index in [0.29, 0.717) is 0 Å². The van der Waals surface area contributed by atoms with Gasteiger partial charge >= 0.3 is 0 Å². The van der Waals surface area contributed by atoms with E-state index < -0.39 is 17.4 Å². The number of nitriles is 3. The lowest BCUT2D eigenvalue weighted by Crippen LogP contribution is -2.55. The SMILES string of the molecule is Cc1ccc([C@@H]2[C@@H]3CCCC=C3[C@H](C#N)[C@@H](N)C2(C#N)C#N)s1. The maximum absolute atomic E-state index is 9.88. The highest BCUT2D eigenvalue weighted by molar-refractivity contribution is 7.12. The number of aryl methyl sites for hydroxylation is 1. The molecule has 0 unspecified atom stereocenters. The van der Waals surface area contributed by atoms with Gasteiger partial charge in [-0.2, -0.15) is 15.8 Å². The van der Waals surface area contributed by atoms with Gasteiger partial charge in [0, 0.05) is 15.7 Å². The number of hydrogen-bond acceptors (Lipinski definition) is 5. The monoisotopic (exact) mass is 322 g/mol. The topological polar surface area (TPSA) is 97.4 Å². The first kappa shape index (κ1) is 15.8. The predicted octanol–water partition coefficient (Wildman–Crippen LogP) is 3.38. The minimum absolute atomic E-state index is 0.0607. The van der Waals surface area contributed by atoms with Gasteiger partial charge in [-0.3, -0.25) is 0 Å². The van der Waals surface area contributed by atoms with E-state index in [1.54, 1.807) is 11.3 Å². The van der Waals surface area contributed by atoms with E-state index in [1.165, 1.54) is 0 Å². The average Bonchev–Trinajstić information content (AvgIpc) is 3.00. The Balaban J connectivity index is 2.23. The van der Waals surface area contributed by atoms with Gasteiger partial charge in [-0.1, -0.05) is 11.6 Å². The summed E-state index contributed by atoms with van der Waals surface area (Å²) in [6, 6.07) is 9.94. The van der Waals surface area contributed by atoms with Gasteiger partial charge in [-0.05, 0) is 44.2 Å². The molecule has 2 N–H and O–H groups in total. The number of nitrogens with two attached hydrogens (primary N) is 1. The van der Waals surface area contributed by atoms with Crippen LogP contribution >= 0.6 is 11.3 Å². The van der Waals surface area contributed by atoms with Crippen molar-refractivity contribution in [2.24, 2.45) is 23.0 Å². The average molecular weight is 322 g/mol. The van der Waals surface area contributed by atoms with E-state index in [0.717, 1.165) is 34.6 Å². The Morgan fingerprint density at radius 3 is 2.57 bits per heavy atom. The van der Waals surface area contributed by atoms with Crippen molar-refractivity contribution in [3.05, 3.63) is 33.5 Å². The van der Waals surface area contributed by atoms with E-state index in [-0.39, 0.29) is 11.8 Å². The highest BCUT2D eigenvalue weighted by Gasteiger charge is 2.58. The molecule has 0 amide bonds. The van der Waals surface area contributed by atoms with Crippen molar-refractivity contribution in [1.82, 2.24) is 0 Å². The van der Waals surface area contributed by atoms with Crippen molar-refractivity contribution in [1.29, 1.82) is 15.8 Å². The molecule has 0 spiro atoms. The molecule has 1 aromatic heterocycles. The molecule has 0 aromatic carbocycles. The highest BCUT2D eigenvalue weighted by atomic mass is 32.1. The summed E-state index contributed by atoms with van der Waals surface area (Å²) in [5.41, 5.74) is 6.02. The molecule has 0 bridgehead atoms. The molecule has 2 aliphatic rings. The number of rotatable bonds is 1. The van der Waals surface area contributed by atoms with Crippen LogP contribution in [0, 0.1) is 58.2 Å². The lowest BCUT2D eigenvalue weighted by Gasteiger charge is -2.48. The van der Waals surface area contributed by atoms with Crippen molar-refractivity contribution < 1.29 is 0 Å². The number of nitrogens with zero attached hydrogens (tertiary/aromatic N) is 3.